The molecular formula is C34H32N4OS. The van der Waals surface area contributed by atoms with E-state index in [-0.39, 0.29) is 5.78 Å². The molecule has 0 spiro atoms. The fourth-order valence-electron chi connectivity index (χ4n) is 6.30. The van der Waals surface area contributed by atoms with E-state index in [1.165, 1.54) is 53.4 Å². The highest BCUT2D eigenvalue weighted by atomic mass is 32.2. The Balaban J connectivity index is 1.42. The lowest BCUT2D eigenvalue weighted by Crippen LogP contribution is -2.36. The molecule has 1 aromatic heterocycles. The summed E-state index contributed by atoms with van der Waals surface area (Å²) in [6.45, 7) is 1.51. The summed E-state index contributed by atoms with van der Waals surface area (Å²) in [4.78, 5) is 25.7. The molecule has 40 heavy (non-hydrogen) atoms. The summed E-state index contributed by atoms with van der Waals surface area (Å²) in [5, 5.41) is 0.877. The molecule has 1 aliphatic carbocycles. The van der Waals surface area contributed by atoms with Crippen LogP contribution in [0.2, 0.25) is 0 Å². The highest BCUT2D eigenvalue weighted by Gasteiger charge is 2.39. The molecule has 0 amide bonds. The van der Waals surface area contributed by atoms with Crippen molar-refractivity contribution >= 4 is 34.4 Å². The molecule has 3 aromatic carbocycles. The van der Waals surface area contributed by atoms with Crippen LogP contribution in [0.5, 0.6) is 0 Å². The molecule has 0 saturated heterocycles. The number of aromatic nitrogens is 1. The van der Waals surface area contributed by atoms with Crippen LogP contribution in [0.4, 0.5) is 5.82 Å². The Morgan fingerprint density at radius 3 is 2.15 bits per heavy atom. The second-order valence-electron chi connectivity index (χ2n) is 10.6. The van der Waals surface area contributed by atoms with Gasteiger partial charge in [-0.05, 0) is 24.0 Å². The highest BCUT2D eigenvalue weighted by molar-refractivity contribution is 8.14. The topological polar surface area (TPSA) is 50.0 Å². The van der Waals surface area contributed by atoms with Gasteiger partial charge in [0, 0.05) is 23.7 Å². The van der Waals surface area contributed by atoms with Gasteiger partial charge in [0.2, 0.25) is 0 Å². The average molecular weight is 545 g/mol. The standard InChI is InChI=1S/C34H32N4OS/c39-28(24-13-5-1-6-14-24)23-40-34-36-33-30(32-35-21-22-37(32)34)29(25-15-7-2-8-16-25)31(26-17-9-3-10-18-26)38(33)27-19-11-4-12-20-27/h1-3,5-10,13-18,27H,4,11-12,19-23H2. The van der Waals surface area contributed by atoms with Gasteiger partial charge in [0.1, 0.15) is 11.7 Å². The second-order valence-corrected chi connectivity index (χ2v) is 11.6. The van der Waals surface area contributed by atoms with Gasteiger partial charge in [-0.3, -0.25) is 9.79 Å². The van der Waals surface area contributed by atoms with Crippen molar-refractivity contribution in [1.29, 1.82) is 0 Å². The third-order valence-electron chi connectivity index (χ3n) is 8.15. The lowest BCUT2D eigenvalue weighted by Gasteiger charge is -2.30. The van der Waals surface area contributed by atoms with E-state index in [2.05, 4.69) is 70.1 Å². The maximum Gasteiger partial charge on any atom is 0.173 e. The molecule has 4 aromatic rings. The van der Waals surface area contributed by atoms with Crippen LogP contribution in [-0.4, -0.2) is 45.1 Å². The first-order chi connectivity index (χ1) is 19.8. The van der Waals surface area contributed by atoms with Gasteiger partial charge in [0.05, 0.1) is 23.6 Å². The lowest BCUT2D eigenvalue weighted by molar-refractivity contribution is 0.102. The van der Waals surface area contributed by atoms with Crippen LogP contribution < -0.4 is 0 Å². The number of nitrogens with zero attached hydrogens (tertiary/aromatic N) is 4. The van der Waals surface area contributed by atoms with E-state index in [4.69, 9.17) is 9.98 Å². The molecule has 6 heteroatoms. The Labute approximate surface area is 239 Å². The quantitative estimate of drug-likeness (QED) is 0.231. The van der Waals surface area contributed by atoms with E-state index in [9.17, 15) is 4.79 Å². The highest BCUT2D eigenvalue weighted by Crippen LogP contribution is 2.50. The largest absolute Gasteiger partial charge is 0.321 e. The predicted molar refractivity (Wildman–Crippen MR) is 166 cm³/mol. The van der Waals surface area contributed by atoms with Gasteiger partial charge in [0.15, 0.2) is 11.0 Å². The van der Waals surface area contributed by atoms with E-state index in [1.54, 1.807) is 0 Å². The van der Waals surface area contributed by atoms with Crippen LogP contribution in [0.15, 0.2) is 101 Å². The number of benzene rings is 3. The average Bonchev–Trinajstić information content (AvgIpc) is 3.65. The summed E-state index contributed by atoms with van der Waals surface area (Å²) in [6, 6.07) is 31.4. The van der Waals surface area contributed by atoms with E-state index in [1.807, 2.05) is 30.3 Å². The molecule has 2 aliphatic heterocycles. The van der Waals surface area contributed by atoms with E-state index < -0.39 is 0 Å². The molecule has 7 rings (SSSR count). The Morgan fingerprint density at radius 1 is 0.800 bits per heavy atom. The number of hydrogen-bond donors (Lipinski definition) is 0. The predicted octanol–water partition coefficient (Wildman–Crippen LogP) is 8.01. The normalized spacial score (nSPS) is 16.8. The fourth-order valence-corrected chi connectivity index (χ4v) is 7.22. The molecule has 3 heterocycles. The van der Waals surface area contributed by atoms with Crippen LogP contribution in [0.25, 0.3) is 22.4 Å². The fraction of sp³-hybridized carbons (Fsp3) is 0.265. The van der Waals surface area contributed by atoms with Crippen molar-refractivity contribution in [2.45, 2.75) is 38.1 Å². The Kier molecular flexibility index (Phi) is 6.86. The number of hydrogen-bond acceptors (Lipinski definition) is 5. The molecule has 0 N–H and O–H groups in total. The minimum absolute atomic E-state index is 0.120. The monoisotopic (exact) mass is 544 g/mol. The number of carbonyl (C=O) groups is 1. The maximum atomic E-state index is 13.0. The Bertz CT molecular complexity index is 1590. The van der Waals surface area contributed by atoms with Gasteiger partial charge < -0.3 is 9.47 Å². The van der Waals surface area contributed by atoms with Crippen LogP contribution in [0.3, 0.4) is 0 Å². The van der Waals surface area contributed by atoms with E-state index >= 15 is 0 Å². The first-order valence-corrected chi connectivity index (χ1v) is 15.3. The number of Topliss-reactive ketones (excluding diaryl/α,β-unsaturated/α-hetero) is 1. The van der Waals surface area contributed by atoms with Gasteiger partial charge in [-0.1, -0.05) is 122 Å². The van der Waals surface area contributed by atoms with Crippen LogP contribution in [-0.2, 0) is 0 Å². The first kappa shape index (κ1) is 25.1. The van der Waals surface area contributed by atoms with Crippen LogP contribution in [0.1, 0.15) is 54.1 Å². The molecule has 200 valence electrons. The summed E-state index contributed by atoms with van der Waals surface area (Å²) in [5.41, 5.74) is 6.71. The number of thioether (sulfide) groups is 1. The van der Waals surface area contributed by atoms with Crippen molar-refractivity contribution in [1.82, 2.24) is 9.47 Å². The van der Waals surface area contributed by atoms with E-state index in [0.29, 0.717) is 11.8 Å². The molecule has 3 aliphatic rings. The molecule has 0 unspecified atom stereocenters. The molecular weight excluding hydrogens is 512 g/mol. The molecule has 0 radical (unpaired) electrons. The number of aliphatic imine (C=N–C) groups is 2. The first-order valence-electron chi connectivity index (χ1n) is 14.3. The summed E-state index contributed by atoms with van der Waals surface area (Å²) in [6.07, 6.45) is 6.05. The van der Waals surface area contributed by atoms with Crippen LogP contribution in [0, 0.1) is 0 Å². The zero-order chi connectivity index (χ0) is 26.9. The second kappa shape index (κ2) is 10.9. The summed E-state index contributed by atoms with van der Waals surface area (Å²) >= 11 is 1.53. The Morgan fingerprint density at radius 2 is 1.45 bits per heavy atom. The minimum Gasteiger partial charge on any atom is -0.321 e. The van der Waals surface area contributed by atoms with Gasteiger partial charge in [-0.15, -0.1) is 0 Å². The summed E-state index contributed by atoms with van der Waals surface area (Å²) < 4.78 is 2.53. The molecule has 5 nitrogen and oxygen atoms in total. The van der Waals surface area contributed by atoms with Crippen LogP contribution >= 0.6 is 11.8 Å². The number of fused-ring (bicyclic) bond motifs is 3. The minimum atomic E-state index is 0.120. The van der Waals surface area contributed by atoms with Crippen molar-refractivity contribution in [3.8, 4) is 22.4 Å². The van der Waals surface area contributed by atoms with Gasteiger partial charge in [-0.25, -0.2) is 4.99 Å². The third-order valence-corrected chi connectivity index (χ3v) is 9.13. The lowest BCUT2D eigenvalue weighted by atomic mass is 9.94. The number of ketones is 1. The smallest absolute Gasteiger partial charge is 0.173 e. The van der Waals surface area contributed by atoms with Crippen molar-refractivity contribution < 1.29 is 4.79 Å². The summed E-state index contributed by atoms with van der Waals surface area (Å²) in [5.74, 6) is 2.46. The number of amidine groups is 2. The van der Waals surface area contributed by atoms with Crippen molar-refractivity contribution in [2.75, 3.05) is 18.8 Å². The zero-order valence-electron chi connectivity index (χ0n) is 22.5. The molecule has 0 atom stereocenters. The third kappa shape index (κ3) is 4.50. The SMILES string of the molecule is O=C(CSC1=Nc2c(c(-c3ccccc3)c(-c3ccccc3)n2C2CCCCC2)C2=NCCN12)c1ccccc1. The maximum absolute atomic E-state index is 13.0. The van der Waals surface area contributed by atoms with Gasteiger partial charge >= 0.3 is 0 Å². The van der Waals surface area contributed by atoms with Gasteiger partial charge in [-0.2, -0.15) is 0 Å². The summed E-state index contributed by atoms with van der Waals surface area (Å²) in [7, 11) is 0. The van der Waals surface area contributed by atoms with E-state index in [0.717, 1.165) is 53.9 Å². The molecule has 1 saturated carbocycles. The Hall–Kier alpha value is -3.90. The number of rotatable bonds is 6. The van der Waals surface area contributed by atoms with Crippen molar-refractivity contribution in [3.63, 3.8) is 0 Å². The number of carbonyl (C=O) groups excluding carboxylic acids is 1. The molecule has 1 fully saturated rings. The zero-order valence-corrected chi connectivity index (χ0v) is 23.3. The van der Waals surface area contributed by atoms with Gasteiger partial charge in [0.25, 0.3) is 0 Å². The van der Waals surface area contributed by atoms with Crippen molar-refractivity contribution in [2.24, 2.45) is 9.98 Å². The van der Waals surface area contributed by atoms with Crippen molar-refractivity contribution in [3.05, 3.63) is 102 Å². The molecule has 0 bridgehead atoms.